The van der Waals surface area contributed by atoms with Gasteiger partial charge in [0.15, 0.2) is 0 Å². The fourth-order valence-corrected chi connectivity index (χ4v) is 0.252. The van der Waals surface area contributed by atoms with Gasteiger partial charge in [-0.15, -0.1) is 0 Å². The maximum Gasteiger partial charge on any atom is 0.0221 e. The Morgan fingerprint density at radius 3 is 2.10 bits per heavy atom. The largest absolute Gasteiger partial charge is 0.269 e. The van der Waals surface area contributed by atoms with E-state index in [9.17, 15) is 0 Å². The number of hydrogen-bond donors (Lipinski definition) is 0. The Morgan fingerprint density at radius 2 is 1.80 bits per heavy atom. The Kier molecular flexibility index (Phi) is 38.1. The molecule has 0 aliphatic heterocycles. The Labute approximate surface area is 76.5 Å². The monoisotopic (exact) mass is 178 g/mol. The van der Waals surface area contributed by atoms with E-state index in [4.69, 9.17) is 0 Å². The van der Waals surface area contributed by atoms with E-state index in [2.05, 4.69) is 11.9 Å². The van der Waals surface area contributed by atoms with E-state index in [1.54, 1.807) is 6.20 Å². The van der Waals surface area contributed by atoms with Crippen molar-refractivity contribution >= 4 is 6.21 Å². The van der Waals surface area contributed by atoms with E-state index in [1.165, 1.54) is 0 Å². The van der Waals surface area contributed by atoms with Crippen LogP contribution in [0.1, 0.15) is 34.1 Å². The summed E-state index contributed by atoms with van der Waals surface area (Å²) in [6.07, 6.45) is 6.58. The molecule has 0 bridgehead atoms. The van der Waals surface area contributed by atoms with Crippen LogP contribution < -0.4 is 0 Å². The minimum absolute atomic E-state index is 0. The van der Waals surface area contributed by atoms with Gasteiger partial charge in [0.05, 0.1) is 0 Å². The van der Waals surface area contributed by atoms with E-state index < -0.39 is 0 Å². The maximum absolute atomic E-state index is 3.90. The minimum atomic E-state index is 0. The molecule has 0 aromatic carbocycles. The molecule has 0 N–H and O–H groups in total. The van der Waals surface area contributed by atoms with E-state index in [-0.39, 0.29) is 18.6 Å². The third kappa shape index (κ3) is 24.5. The first-order chi connectivity index (χ1) is 4.41. The van der Waals surface area contributed by atoms with Gasteiger partial charge in [-0.3, -0.25) is 4.99 Å². The molecule has 0 atom stereocenters. The van der Waals surface area contributed by atoms with Crippen molar-refractivity contribution < 1.29 is 18.6 Å². The van der Waals surface area contributed by atoms with Crippen LogP contribution in [0.15, 0.2) is 17.3 Å². The number of allylic oxidation sites excluding steroid dienone is 1. The number of hydrogen-bond acceptors (Lipinski definition) is 1. The number of aliphatic imine (C=N–C) groups is 1. The fourth-order valence-electron chi connectivity index (χ4n) is 0.252. The molecule has 0 aromatic rings. The third-order valence-corrected chi connectivity index (χ3v) is 0.523. The van der Waals surface area contributed by atoms with Gasteiger partial charge < -0.3 is 0 Å². The van der Waals surface area contributed by atoms with Gasteiger partial charge in [-0.05, 0) is 13.3 Å². The van der Waals surface area contributed by atoms with Crippen molar-refractivity contribution in [2.75, 3.05) is 0 Å². The minimum Gasteiger partial charge on any atom is -0.269 e. The predicted octanol–water partition coefficient (Wildman–Crippen LogP) is 3.02. The van der Waals surface area contributed by atoms with E-state index in [1.807, 2.05) is 33.1 Å². The standard InChI is InChI=1S/C6H11N.C2H6.V/c1-3-5-7-6-4-2;1-2;/h3,5-6H,4H2,1-2H3;1-2H3;/b5-3-,7-6?;;. The van der Waals surface area contributed by atoms with Crippen molar-refractivity contribution in [1.82, 2.24) is 0 Å². The molecule has 0 aliphatic rings. The van der Waals surface area contributed by atoms with Crippen LogP contribution in [0.4, 0.5) is 0 Å². The molecule has 0 unspecified atom stereocenters. The molecule has 1 radical (unpaired) electrons. The average Bonchev–Trinajstić information content (AvgIpc) is 1.94. The van der Waals surface area contributed by atoms with Crippen molar-refractivity contribution in [2.24, 2.45) is 4.99 Å². The summed E-state index contributed by atoms with van der Waals surface area (Å²) in [5, 5.41) is 0. The zero-order valence-electron chi connectivity index (χ0n) is 7.33. The molecule has 0 fully saturated rings. The zero-order chi connectivity index (χ0) is 7.54. The Balaban J connectivity index is -0.000000149. The smallest absolute Gasteiger partial charge is 0.0221 e. The second-order valence-electron chi connectivity index (χ2n) is 1.22. The molecule has 0 rings (SSSR count). The van der Waals surface area contributed by atoms with Crippen molar-refractivity contribution in [1.29, 1.82) is 0 Å². The number of nitrogens with zero attached hydrogens (tertiary/aromatic N) is 1. The molecule has 1 nitrogen and oxygen atoms in total. The summed E-state index contributed by atoms with van der Waals surface area (Å²) in [4.78, 5) is 3.90. The third-order valence-electron chi connectivity index (χ3n) is 0.523. The summed E-state index contributed by atoms with van der Waals surface area (Å²) in [5.41, 5.74) is 0. The maximum atomic E-state index is 3.90. The summed E-state index contributed by atoms with van der Waals surface area (Å²) < 4.78 is 0. The van der Waals surface area contributed by atoms with Gasteiger partial charge in [0.2, 0.25) is 0 Å². The van der Waals surface area contributed by atoms with Crippen LogP contribution in [-0.4, -0.2) is 6.21 Å². The Bertz CT molecular complexity index is 77.3. The predicted molar refractivity (Wildman–Crippen MR) is 44.9 cm³/mol. The van der Waals surface area contributed by atoms with E-state index in [0.717, 1.165) is 6.42 Å². The molecular weight excluding hydrogens is 161 g/mol. The van der Waals surface area contributed by atoms with Gasteiger partial charge >= 0.3 is 0 Å². The molecule has 59 valence electrons. The number of rotatable bonds is 2. The van der Waals surface area contributed by atoms with Crippen LogP contribution in [0, 0.1) is 0 Å². The van der Waals surface area contributed by atoms with Gasteiger partial charge in [-0.2, -0.15) is 0 Å². The SMILES string of the molecule is C/C=C\N=CCC.CC.[V]. The van der Waals surface area contributed by atoms with Gasteiger partial charge in [-0.25, -0.2) is 0 Å². The normalized spacial score (nSPS) is 8.80. The summed E-state index contributed by atoms with van der Waals surface area (Å²) >= 11 is 0. The average molecular weight is 178 g/mol. The Morgan fingerprint density at radius 1 is 1.30 bits per heavy atom. The van der Waals surface area contributed by atoms with Crippen LogP contribution in [0.2, 0.25) is 0 Å². The van der Waals surface area contributed by atoms with Gasteiger partial charge in [0, 0.05) is 31.0 Å². The second-order valence-corrected chi connectivity index (χ2v) is 1.22. The summed E-state index contributed by atoms with van der Waals surface area (Å²) in [6, 6.07) is 0. The first-order valence-corrected chi connectivity index (χ1v) is 3.54. The molecule has 0 heterocycles. The van der Waals surface area contributed by atoms with Gasteiger partial charge in [-0.1, -0.05) is 26.8 Å². The van der Waals surface area contributed by atoms with Crippen molar-refractivity contribution in [3.8, 4) is 0 Å². The van der Waals surface area contributed by atoms with Crippen LogP contribution in [0.5, 0.6) is 0 Å². The topological polar surface area (TPSA) is 12.4 Å². The van der Waals surface area contributed by atoms with E-state index >= 15 is 0 Å². The zero-order valence-corrected chi connectivity index (χ0v) is 8.73. The molecule has 0 spiro atoms. The van der Waals surface area contributed by atoms with Gasteiger partial charge in [0.1, 0.15) is 0 Å². The van der Waals surface area contributed by atoms with Crippen LogP contribution in [0.3, 0.4) is 0 Å². The molecule has 2 heteroatoms. The van der Waals surface area contributed by atoms with Crippen LogP contribution in [0.25, 0.3) is 0 Å². The summed E-state index contributed by atoms with van der Waals surface area (Å²) in [7, 11) is 0. The van der Waals surface area contributed by atoms with Gasteiger partial charge in [0.25, 0.3) is 0 Å². The molecule has 0 saturated heterocycles. The second kappa shape index (κ2) is 23.0. The van der Waals surface area contributed by atoms with Crippen molar-refractivity contribution in [3.05, 3.63) is 12.3 Å². The first kappa shape index (κ1) is 16.5. The molecule has 0 saturated carbocycles. The quantitative estimate of drug-likeness (QED) is 0.576. The Hall–Kier alpha value is -0.00558. The molecule has 0 aromatic heterocycles. The molecular formula is C8H17NV. The van der Waals surface area contributed by atoms with Crippen LogP contribution >= 0.6 is 0 Å². The summed E-state index contributed by atoms with van der Waals surface area (Å²) in [5.74, 6) is 0. The molecule has 0 amide bonds. The molecule has 0 aliphatic carbocycles. The van der Waals surface area contributed by atoms with Crippen molar-refractivity contribution in [2.45, 2.75) is 34.1 Å². The first-order valence-electron chi connectivity index (χ1n) is 3.54. The van der Waals surface area contributed by atoms with Crippen molar-refractivity contribution in [3.63, 3.8) is 0 Å². The molecule has 10 heavy (non-hydrogen) atoms. The fraction of sp³-hybridized carbons (Fsp3) is 0.625. The van der Waals surface area contributed by atoms with Crippen LogP contribution in [-0.2, 0) is 18.6 Å². The van der Waals surface area contributed by atoms with E-state index in [0.29, 0.717) is 0 Å². The summed E-state index contributed by atoms with van der Waals surface area (Å²) in [6.45, 7) is 8.01.